The Bertz CT molecular complexity index is 278. The number of pyridine rings is 1. The predicted octanol–water partition coefficient (Wildman–Crippen LogP) is 1.82. The van der Waals surface area contributed by atoms with Crippen LogP contribution in [0.4, 0.5) is 0 Å². The number of rotatable bonds is 1. The van der Waals surface area contributed by atoms with E-state index < -0.39 is 0 Å². The van der Waals surface area contributed by atoms with Gasteiger partial charge in [-0.2, -0.15) is 0 Å². The van der Waals surface area contributed by atoms with Gasteiger partial charge in [-0.15, -0.1) is 0 Å². The molecule has 2 heterocycles. The van der Waals surface area contributed by atoms with Crippen molar-refractivity contribution in [3.63, 3.8) is 0 Å². The first-order valence-electron chi connectivity index (χ1n) is 4.03. The molecule has 0 aromatic carbocycles. The van der Waals surface area contributed by atoms with Crippen molar-refractivity contribution in [3.05, 3.63) is 29.6 Å². The van der Waals surface area contributed by atoms with E-state index in [9.17, 15) is 0 Å². The third-order valence-corrected chi connectivity index (χ3v) is 4.04. The Balaban J connectivity index is 2.23. The highest BCUT2D eigenvalue weighted by atomic mass is 32.0. The highest BCUT2D eigenvalue weighted by molar-refractivity contribution is 8.01. The SMILES string of the molecule is PPN1CCc2ccncc2C1. The Labute approximate surface area is 76.7 Å². The number of aromatic nitrogens is 1. The summed E-state index contributed by atoms with van der Waals surface area (Å²) in [5.41, 5.74) is 2.88. The van der Waals surface area contributed by atoms with Gasteiger partial charge in [0.25, 0.3) is 0 Å². The van der Waals surface area contributed by atoms with Crippen LogP contribution in [0.5, 0.6) is 0 Å². The maximum absolute atomic E-state index is 4.14. The van der Waals surface area contributed by atoms with Crippen LogP contribution in [-0.2, 0) is 13.0 Å². The molecule has 1 aromatic heterocycles. The summed E-state index contributed by atoms with van der Waals surface area (Å²) < 4.78 is 2.44. The van der Waals surface area contributed by atoms with Gasteiger partial charge in [0.05, 0.1) is 0 Å². The van der Waals surface area contributed by atoms with Gasteiger partial charge in [-0.05, 0) is 32.0 Å². The van der Waals surface area contributed by atoms with E-state index in [1.165, 1.54) is 24.1 Å². The quantitative estimate of drug-likeness (QED) is 0.640. The molecule has 1 aliphatic rings. The normalized spacial score (nSPS) is 18.4. The molecular formula is C8H12N2P2. The lowest BCUT2D eigenvalue weighted by Crippen LogP contribution is -2.22. The largest absolute Gasteiger partial charge is 0.277 e. The molecule has 0 radical (unpaired) electrons. The van der Waals surface area contributed by atoms with Crippen molar-refractivity contribution in [2.75, 3.05) is 6.54 Å². The summed E-state index contributed by atoms with van der Waals surface area (Å²) in [5.74, 6) is 0. The van der Waals surface area contributed by atoms with Gasteiger partial charge >= 0.3 is 0 Å². The van der Waals surface area contributed by atoms with Crippen molar-refractivity contribution < 1.29 is 0 Å². The lowest BCUT2D eigenvalue weighted by molar-refractivity contribution is 0.440. The summed E-state index contributed by atoms with van der Waals surface area (Å²) >= 11 is 0. The molecule has 4 heteroatoms. The summed E-state index contributed by atoms with van der Waals surface area (Å²) in [6, 6.07) is 2.14. The van der Waals surface area contributed by atoms with Crippen LogP contribution in [-0.4, -0.2) is 16.2 Å². The molecule has 1 aromatic rings. The maximum Gasteiger partial charge on any atom is 0.0315 e. The summed E-state index contributed by atoms with van der Waals surface area (Å²) in [6.07, 6.45) is 5.06. The average molecular weight is 198 g/mol. The topological polar surface area (TPSA) is 16.1 Å². The summed E-state index contributed by atoms with van der Waals surface area (Å²) in [7, 11) is 3.64. The second kappa shape index (κ2) is 3.79. The fourth-order valence-corrected chi connectivity index (χ4v) is 2.66. The molecule has 0 spiro atoms. The van der Waals surface area contributed by atoms with Crippen LogP contribution < -0.4 is 0 Å². The van der Waals surface area contributed by atoms with Gasteiger partial charge in [0.1, 0.15) is 0 Å². The third-order valence-electron chi connectivity index (χ3n) is 2.20. The highest BCUT2D eigenvalue weighted by Gasteiger charge is 2.13. The molecule has 2 nitrogen and oxygen atoms in total. The molecule has 0 bridgehead atoms. The van der Waals surface area contributed by atoms with E-state index in [1.807, 2.05) is 12.4 Å². The lowest BCUT2D eigenvalue weighted by Gasteiger charge is -2.26. The van der Waals surface area contributed by atoms with Crippen LogP contribution in [0, 0.1) is 0 Å². The first kappa shape index (κ1) is 8.56. The minimum atomic E-state index is 0.841. The zero-order chi connectivity index (χ0) is 8.39. The molecule has 12 heavy (non-hydrogen) atoms. The molecule has 0 aliphatic carbocycles. The van der Waals surface area contributed by atoms with Gasteiger partial charge < -0.3 is 0 Å². The first-order valence-corrected chi connectivity index (χ1v) is 6.79. The van der Waals surface area contributed by atoms with Gasteiger partial charge in [0, 0.05) is 25.5 Å². The Morgan fingerprint density at radius 1 is 1.50 bits per heavy atom. The molecule has 0 amide bonds. The molecule has 2 atom stereocenters. The molecular weight excluding hydrogens is 186 g/mol. The summed E-state index contributed by atoms with van der Waals surface area (Å²) in [4.78, 5) is 4.14. The van der Waals surface area contributed by atoms with E-state index >= 15 is 0 Å². The van der Waals surface area contributed by atoms with Crippen LogP contribution in [0.15, 0.2) is 18.5 Å². The van der Waals surface area contributed by atoms with Gasteiger partial charge in [-0.25, -0.2) is 0 Å². The van der Waals surface area contributed by atoms with Crippen molar-refractivity contribution in [1.29, 1.82) is 0 Å². The number of hydrogen-bond donors (Lipinski definition) is 0. The highest BCUT2D eigenvalue weighted by Crippen LogP contribution is 2.31. The zero-order valence-electron chi connectivity index (χ0n) is 6.83. The Morgan fingerprint density at radius 3 is 3.25 bits per heavy atom. The number of nitrogens with zero attached hydrogens (tertiary/aromatic N) is 2. The Hall–Kier alpha value is -0.0300. The summed E-state index contributed by atoms with van der Waals surface area (Å²) in [6.45, 7) is 2.27. The standard InChI is InChI=1S/C8H12N2P2/c11-12-10-4-2-7-1-3-9-5-8(7)6-10/h1,3,5,12H,2,4,6,11H2. The Morgan fingerprint density at radius 2 is 2.42 bits per heavy atom. The van der Waals surface area contributed by atoms with Crippen molar-refractivity contribution in [3.8, 4) is 0 Å². The van der Waals surface area contributed by atoms with E-state index in [1.54, 1.807) is 0 Å². The van der Waals surface area contributed by atoms with E-state index in [4.69, 9.17) is 0 Å². The van der Waals surface area contributed by atoms with Crippen molar-refractivity contribution >= 4 is 17.3 Å². The van der Waals surface area contributed by atoms with E-state index in [-0.39, 0.29) is 0 Å². The van der Waals surface area contributed by atoms with Crippen molar-refractivity contribution in [2.24, 2.45) is 0 Å². The second-order valence-corrected chi connectivity index (χ2v) is 4.61. The van der Waals surface area contributed by atoms with E-state index in [0.717, 1.165) is 15.0 Å². The first-order chi connectivity index (χ1) is 5.90. The van der Waals surface area contributed by atoms with Crippen LogP contribution in [0.1, 0.15) is 11.1 Å². The van der Waals surface area contributed by atoms with Crippen LogP contribution >= 0.6 is 17.3 Å². The summed E-state index contributed by atoms with van der Waals surface area (Å²) in [5, 5.41) is 0. The maximum atomic E-state index is 4.14. The average Bonchev–Trinajstić information content (AvgIpc) is 2.17. The monoisotopic (exact) mass is 198 g/mol. The van der Waals surface area contributed by atoms with Crippen LogP contribution in [0.3, 0.4) is 0 Å². The molecule has 2 unspecified atom stereocenters. The molecule has 64 valence electrons. The van der Waals surface area contributed by atoms with Gasteiger partial charge in [0.2, 0.25) is 0 Å². The Kier molecular flexibility index (Phi) is 2.70. The van der Waals surface area contributed by atoms with Crippen LogP contribution in [0.2, 0.25) is 0 Å². The third kappa shape index (κ3) is 1.66. The molecule has 1 aliphatic heterocycles. The fraction of sp³-hybridized carbons (Fsp3) is 0.375. The zero-order valence-corrected chi connectivity index (χ0v) is 8.98. The fourth-order valence-electron chi connectivity index (χ4n) is 1.49. The van der Waals surface area contributed by atoms with E-state index in [0.29, 0.717) is 0 Å². The number of fused-ring (bicyclic) bond motifs is 1. The van der Waals surface area contributed by atoms with Crippen LogP contribution in [0.25, 0.3) is 0 Å². The lowest BCUT2D eigenvalue weighted by atomic mass is 10.0. The molecule has 0 fully saturated rings. The second-order valence-electron chi connectivity index (χ2n) is 2.95. The van der Waals surface area contributed by atoms with Crippen molar-refractivity contribution in [2.45, 2.75) is 13.0 Å². The molecule has 0 N–H and O–H groups in total. The van der Waals surface area contributed by atoms with Gasteiger partial charge in [-0.3, -0.25) is 9.65 Å². The molecule has 2 rings (SSSR count). The molecule has 0 saturated heterocycles. The smallest absolute Gasteiger partial charge is 0.0315 e. The van der Waals surface area contributed by atoms with Gasteiger partial charge in [-0.1, -0.05) is 8.93 Å². The number of hydrogen-bond acceptors (Lipinski definition) is 2. The van der Waals surface area contributed by atoms with Gasteiger partial charge in [0.15, 0.2) is 0 Å². The minimum Gasteiger partial charge on any atom is -0.277 e. The predicted molar refractivity (Wildman–Crippen MR) is 56.4 cm³/mol. The molecule has 0 saturated carbocycles. The van der Waals surface area contributed by atoms with Crippen molar-refractivity contribution in [1.82, 2.24) is 9.65 Å². The van der Waals surface area contributed by atoms with E-state index in [2.05, 4.69) is 24.6 Å². The minimum absolute atomic E-state index is 0.841.